The Balaban J connectivity index is 2.81. The lowest BCUT2D eigenvalue weighted by Gasteiger charge is -2.00. The summed E-state index contributed by atoms with van der Waals surface area (Å²) in [5.74, 6) is 0.253. The number of aromatic hydroxyl groups is 1. The minimum atomic E-state index is 0.253. The highest BCUT2D eigenvalue weighted by Gasteiger charge is 2.02. The Kier molecular flexibility index (Phi) is 2.29. The molecule has 1 N–H and O–H groups in total. The summed E-state index contributed by atoms with van der Waals surface area (Å²) in [6.07, 6.45) is 1.57. The molecular formula is C9H5ClINO. The van der Waals surface area contributed by atoms with Crippen molar-refractivity contribution in [2.45, 2.75) is 0 Å². The number of phenols is 1. The van der Waals surface area contributed by atoms with Gasteiger partial charge in [0.15, 0.2) is 0 Å². The van der Waals surface area contributed by atoms with Crippen LogP contribution in [0.1, 0.15) is 0 Å². The van der Waals surface area contributed by atoms with Gasteiger partial charge in [-0.3, -0.25) is 4.98 Å². The first-order valence-electron chi connectivity index (χ1n) is 3.60. The second-order valence-electron chi connectivity index (χ2n) is 2.65. The molecule has 0 fully saturated rings. The first-order chi connectivity index (χ1) is 6.16. The number of hydrogen-bond donors (Lipinski definition) is 1. The number of hydrogen-bond acceptors (Lipinski definition) is 2. The molecule has 1 heterocycles. The van der Waals surface area contributed by atoms with Crippen molar-refractivity contribution in [3.05, 3.63) is 33.0 Å². The molecule has 0 radical (unpaired) electrons. The van der Waals surface area contributed by atoms with Crippen molar-refractivity contribution in [3.63, 3.8) is 0 Å². The van der Waals surface area contributed by atoms with Gasteiger partial charge in [0.25, 0.3) is 0 Å². The van der Waals surface area contributed by atoms with Gasteiger partial charge in [-0.25, -0.2) is 0 Å². The van der Waals surface area contributed by atoms with Crippen LogP contribution in [0.25, 0.3) is 10.9 Å². The molecule has 0 saturated carbocycles. The fourth-order valence-electron chi connectivity index (χ4n) is 1.11. The van der Waals surface area contributed by atoms with E-state index in [1.807, 2.05) is 12.1 Å². The molecule has 4 heteroatoms. The third-order valence-electron chi connectivity index (χ3n) is 1.72. The van der Waals surface area contributed by atoms with Crippen molar-refractivity contribution in [2.24, 2.45) is 0 Å². The SMILES string of the molecule is Oc1cc2ncc(Cl)cc2cc1I. The number of phenolic OH excluding ortho intramolecular Hbond substituents is 1. The monoisotopic (exact) mass is 305 g/mol. The summed E-state index contributed by atoms with van der Waals surface area (Å²) in [5.41, 5.74) is 0.752. The largest absolute Gasteiger partial charge is 0.507 e. The van der Waals surface area contributed by atoms with Crippen molar-refractivity contribution in [1.82, 2.24) is 4.98 Å². The topological polar surface area (TPSA) is 33.1 Å². The Hall–Kier alpha value is -0.550. The van der Waals surface area contributed by atoms with Crippen molar-refractivity contribution < 1.29 is 5.11 Å². The summed E-state index contributed by atoms with van der Waals surface area (Å²) < 4.78 is 0.800. The van der Waals surface area contributed by atoms with Crippen LogP contribution in [-0.4, -0.2) is 10.1 Å². The number of benzene rings is 1. The molecule has 0 aliphatic heterocycles. The third-order valence-corrected chi connectivity index (χ3v) is 2.79. The smallest absolute Gasteiger partial charge is 0.131 e. The van der Waals surface area contributed by atoms with E-state index in [0.717, 1.165) is 14.5 Å². The fourth-order valence-corrected chi connectivity index (χ4v) is 1.77. The number of nitrogens with zero attached hydrogens (tertiary/aromatic N) is 1. The summed E-state index contributed by atoms with van der Waals surface area (Å²) in [4.78, 5) is 4.09. The maximum Gasteiger partial charge on any atom is 0.131 e. The van der Waals surface area contributed by atoms with Crippen LogP contribution in [0.2, 0.25) is 5.02 Å². The van der Waals surface area contributed by atoms with E-state index in [1.165, 1.54) is 0 Å². The second kappa shape index (κ2) is 3.31. The normalized spacial score (nSPS) is 10.6. The molecule has 1 aromatic carbocycles. The van der Waals surface area contributed by atoms with E-state index in [9.17, 15) is 5.11 Å². The molecule has 0 saturated heterocycles. The lowest BCUT2D eigenvalue weighted by molar-refractivity contribution is 0.472. The molecule has 0 spiro atoms. The molecule has 66 valence electrons. The van der Waals surface area contributed by atoms with Gasteiger partial charge in [-0.15, -0.1) is 0 Å². The van der Waals surface area contributed by atoms with E-state index in [0.29, 0.717) is 5.02 Å². The highest BCUT2D eigenvalue weighted by atomic mass is 127. The van der Waals surface area contributed by atoms with Gasteiger partial charge < -0.3 is 5.11 Å². The van der Waals surface area contributed by atoms with Crippen molar-refractivity contribution >= 4 is 45.1 Å². The zero-order valence-electron chi connectivity index (χ0n) is 6.46. The first kappa shape index (κ1) is 9.02. The molecule has 1 aromatic heterocycles. The van der Waals surface area contributed by atoms with Gasteiger partial charge in [0.05, 0.1) is 14.1 Å². The van der Waals surface area contributed by atoms with E-state index in [4.69, 9.17) is 11.6 Å². The van der Waals surface area contributed by atoms with Crippen LogP contribution in [0.3, 0.4) is 0 Å². The van der Waals surface area contributed by atoms with Crippen LogP contribution in [-0.2, 0) is 0 Å². The van der Waals surface area contributed by atoms with Crippen LogP contribution in [0.4, 0.5) is 0 Å². The molecule has 13 heavy (non-hydrogen) atoms. The predicted molar refractivity (Wildman–Crippen MR) is 61.1 cm³/mol. The van der Waals surface area contributed by atoms with Crippen LogP contribution in [0.15, 0.2) is 24.4 Å². The van der Waals surface area contributed by atoms with E-state index < -0.39 is 0 Å². The third kappa shape index (κ3) is 1.71. The van der Waals surface area contributed by atoms with Crippen LogP contribution >= 0.6 is 34.2 Å². The standard InChI is InChI=1S/C9H5ClINO/c10-6-1-5-2-7(11)9(13)3-8(5)12-4-6/h1-4,13H. The van der Waals surface area contributed by atoms with Gasteiger partial charge in [0, 0.05) is 17.6 Å². The number of pyridine rings is 1. The van der Waals surface area contributed by atoms with Gasteiger partial charge in [0.1, 0.15) is 5.75 Å². The summed E-state index contributed by atoms with van der Waals surface area (Å²) in [5, 5.41) is 11.0. The zero-order chi connectivity index (χ0) is 9.42. The molecule has 0 aliphatic carbocycles. The first-order valence-corrected chi connectivity index (χ1v) is 5.06. The molecule has 2 aromatic rings. The molecule has 0 aliphatic rings. The van der Waals surface area contributed by atoms with E-state index in [1.54, 1.807) is 12.3 Å². The zero-order valence-corrected chi connectivity index (χ0v) is 9.37. The molecule has 0 amide bonds. The Labute approximate surface area is 93.7 Å². The minimum absolute atomic E-state index is 0.253. The lowest BCUT2D eigenvalue weighted by atomic mass is 10.2. The fraction of sp³-hybridized carbons (Fsp3) is 0. The maximum absolute atomic E-state index is 9.41. The second-order valence-corrected chi connectivity index (χ2v) is 4.25. The molecule has 2 nitrogen and oxygen atoms in total. The average molecular weight is 306 g/mol. The summed E-state index contributed by atoms with van der Waals surface area (Å²) >= 11 is 7.85. The van der Waals surface area contributed by atoms with Crippen LogP contribution in [0, 0.1) is 3.57 Å². The number of halogens is 2. The van der Waals surface area contributed by atoms with Crippen LogP contribution < -0.4 is 0 Å². The molecule has 0 atom stereocenters. The molecular weight excluding hydrogens is 300 g/mol. The van der Waals surface area contributed by atoms with Gasteiger partial charge >= 0.3 is 0 Å². The average Bonchev–Trinajstić information content (AvgIpc) is 2.08. The highest BCUT2D eigenvalue weighted by Crippen LogP contribution is 2.26. The summed E-state index contributed by atoms with van der Waals surface area (Å²) in [6.45, 7) is 0. The van der Waals surface area contributed by atoms with Crippen molar-refractivity contribution in [3.8, 4) is 5.75 Å². The molecule has 0 unspecified atom stereocenters. The predicted octanol–water partition coefficient (Wildman–Crippen LogP) is 3.20. The van der Waals surface area contributed by atoms with E-state index >= 15 is 0 Å². The summed E-state index contributed by atoms with van der Waals surface area (Å²) in [7, 11) is 0. The maximum atomic E-state index is 9.41. The van der Waals surface area contributed by atoms with Gasteiger partial charge in [-0.2, -0.15) is 0 Å². The Morgan fingerprint density at radius 3 is 2.85 bits per heavy atom. The minimum Gasteiger partial charge on any atom is -0.507 e. The van der Waals surface area contributed by atoms with Crippen molar-refractivity contribution in [2.75, 3.05) is 0 Å². The van der Waals surface area contributed by atoms with Gasteiger partial charge in [-0.05, 0) is 34.7 Å². The molecule has 0 bridgehead atoms. The quantitative estimate of drug-likeness (QED) is 0.758. The van der Waals surface area contributed by atoms with Gasteiger partial charge in [0.2, 0.25) is 0 Å². The molecule has 2 rings (SSSR count). The summed E-state index contributed by atoms with van der Waals surface area (Å²) in [6, 6.07) is 5.31. The number of aromatic nitrogens is 1. The van der Waals surface area contributed by atoms with E-state index in [-0.39, 0.29) is 5.75 Å². The Morgan fingerprint density at radius 2 is 2.08 bits per heavy atom. The Morgan fingerprint density at radius 1 is 1.31 bits per heavy atom. The number of rotatable bonds is 0. The van der Waals surface area contributed by atoms with Crippen LogP contribution in [0.5, 0.6) is 5.75 Å². The number of fused-ring (bicyclic) bond motifs is 1. The lowest BCUT2D eigenvalue weighted by Crippen LogP contribution is -1.81. The van der Waals surface area contributed by atoms with Gasteiger partial charge in [-0.1, -0.05) is 11.6 Å². The highest BCUT2D eigenvalue weighted by molar-refractivity contribution is 14.1. The van der Waals surface area contributed by atoms with Crippen molar-refractivity contribution in [1.29, 1.82) is 0 Å². The Bertz CT molecular complexity index is 472. The van der Waals surface area contributed by atoms with E-state index in [2.05, 4.69) is 27.6 Å².